The zero-order valence-electron chi connectivity index (χ0n) is 16.9. The van der Waals surface area contributed by atoms with Crippen LogP contribution in [0.3, 0.4) is 0 Å². The molecule has 148 valence electrons. The van der Waals surface area contributed by atoms with Crippen LogP contribution in [0.25, 0.3) is 10.9 Å². The maximum Gasteiger partial charge on any atom is 0.270 e. The molecule has 1 fully saturated rings. The first-order valence-electron chi connectivity index (χ1n) is 10.4. The average Bonchev–Trinajstić information content (AvgIpc) is 3.23. The zero-order chi connectivity index (χ0) is 19.7. The van der Waals surface area contributed by atoms with Gasteiger partial charge in [-0.05, 0) is 57.6 Å². The van der Waals surface area contributed by atoms with Crippen molar-refractivity contribution in [1.29, 1.82) is 0 Å². The van der Waals surface area contributed by atoms with E-state index in [0.29, 0.717) is 25.2 Å². The maximum absolute atomic E-state index is 13.2. The number of carbonyl (C=O) groups is 2. The van der Waals surface area contributed by atoms with E-state index >= 15 is 0 Å². The molecule has 5 nitrogen and oxygen atoms in total. The Morgan fingerprint density at radius 1 is 1.18 bits per heavy atom. The van der Waals surface area contributed by atoms with Crippen LogP contribution in [0.1, 0.15) is 61.0 Å². The zero-order valence-corrected chi connectivity index (χ0v) is 16.9. The lowest BCUT2D eigenvalue weighted by Crippen LogP contribution is -2.31. The number of nitrogens with one attached hydrogen (secondary N) is 1. The van der Waals surface area contributed by atoms with Crippen LogP contribution < -0.4 is 10.2 Å². The third kappa shape index (κ3) is 3.46. The topological polar surface area (TPSA) is 54.3 Å². The Balaban J connectivity index is 1.65. The quantitative estimate of drug-likeness (QED) is 0.790. The smallest absolute Gasteiger partial charge is 0.270 e. The number of aryl methyl sites for hydroxylation is 2. The van der Waals surface area contributed by atoms with E-state index < -0.39 is 0 Å². The molecule has 2 aliphatic rings. The van der Waals surface area contributed by atoms with Gasteiger partial charge < -0.3 is 14.8 Å². The summed E-state index contributed by atoms with van der Waals surface area (Å²) in [4.78, 5) is 27.4. The van der Waals surface area contributed by atoms with Crippen LogP contribution in [0.2, 0.25) is 0 Å². The number of carbonyl (C=O) groups excluding carboxylic acids is 2. The molecule has 0 bridgehead atoms. The maximum atomic E-state index is 13.2. The minimum atomic E-state index is -0.0949. The number of benzene rings is 1. The second kappa shape index (κ2) is 7.82. The van der Waals surface area contributed by atoms with Crippen LogP contribution in [0.4, 0.5) is 5.69 Å². The summed E-state index contributed by atoms with van der Waals surface area (Å²) >= 11 is 0. The Kier molecular flexibility index (Phi) is 5.25. The van der Waals surface area contributed by atoms with Crippen LogP contribution in [0.15, 0.2) is 29.8 Å². The van der Waals surface area contributed by atoms with E-state index in [1.54, 1.807) is 4.90 Å². The molecule has 1 aromatic heterocycles. The second-order valence-corrected chi connectivity index (χ2v) is 8.04. The van der Waals surface area contributed by atoms with E-state index in [1.807, 2.05) is 24.6 Å². The van der Waals surface area contributed by atoms with Gasteiger partial charge >= 0.3 is 0 Å². The molecule has 0 unspecified atom stereocenters. The number of amides is 2. The van der Waals surface area contributed by atoms with Crippen molar-refractivity contribution in [2.75, 3.05) is 18.0 Å². The molecule has 1 aromatic carbocycles. The number of hydrogen-bond donors (Lipinski definition) is 1. The number of allylic oxidation sites excluding steroid dienone is 1. The SMILES string of the molecule is Cc1ccc2c(c1)c(N1CCCC1=O)c(C(=O)NCCC1=CCCCC1)n2C. The molecule has 1 aliphatic carbocycles. The van der Waals surface area contributed by atoms with E-state index in [2.05, 4.69) is 23.5 Å². The second-order valence-electron chi connectivity index (χ2n) is 8.04. The van der Waals surface area contributed by atoms with Crippen molar-refractivity contribution in [3.63, 3.8) is 0 Å². The number of fused-ring (bicyclic) bond motifs is 1. The lowest BCUT2D eigenvalue weighted by atomic mass is 9.97. The molecular formula is C23H29N3O2. The first-order valence-corrected chi connectivity index (χ1v) is 10.4. The number of aromatic nitrogens is 1. The van der Waals surface area contributed by atoms with Gasteiger partial charge in [-0.1, -0.05) is 23.3 Å². The highest BCUT2D eigenvalue weighted by atomic mass is 16.2. The molecule has 28 heavy (non-hydrogen) atoms. The molecule has 2 aromatic rings. The van der Waals surface area contributed by atoms with Crippen molar-refractivity contribution in [2.24, 2.45) is 7.05 Å². The van der Waals surface area contributed by atoms with Gasteiger partial charge in [-0.3, -0.25) is 9.59 Å². The normalized spacial score (nSPS) is 17.3. The summed E-state index contributed by atoms with van der Waals surface area (Å²) in [6.45, 7) is 3.36. The number of anilines is 1. The monoisotopic (exact) mass is 379 g/mol. The van der Waals surface area contributed by atoms with Gasteiger partial charge in [0, 0.05) is 31.9 Å². The molecular weight excluding hydrogens is 350 g/mol. The Bertz CT molecular complexity index is 954. The summed E-state index contributed by atoms with van der Waals surface area (Å²) < 4.78 is 1.94. The van der Waals surface area contributed by atoms with E-state index in [9.17, 15) is 9.59 Å². The summed E-state index contributed by atoms with van der Waals surface area (Å²) in [5.74, 6) is 0.0119. The summed E-state index contributed by atoms with van der Waals surface area (Å²) in [7, 11) is 1.92. The lowest BCUT2D eigenvalue weighted by molar-refractivity contribution is -0.117. The van der Waals surface area contributed by atoms with Crippen LogP contribution in [0, 0.1) is 6.92 Å². The Labute approximate surface area is 166 Å². The van der Waals surface area contributed by atoms with E-state index in [0.717, 1.165) is 47.8 Å². The molecule has 4 rings (SSSR count). The fourth-order valence-electron chi connectivity index (χ4n) is 4.51. The molecule has 0 atom stereocenters. The average molecular weight is 380 g/mol. The lowest BCUT2D eigenvalue weighted by Gasteiger charge is -2.18. The van der Waals surface area contributed by atoms with Crippen molar-refractivity contribution >= 4 is 28.4 Å². The fourth-order valence-corrected chi connectivity index (χ4v) is 4.51. The molecule has 2 heterocycles. The molecule has 5 heteroatoms. The van der Waals surface area contributed by atoms with Crippen molar-refractivity contribution in [2.45, 2.75) is 51.9 Å². The predicted molar refractivity (Wildman–Crippen MR) is 113 cm³/mol. The van der Waals surface area contributed by atoms with Gasteiger partial charge in [0.25, 0.3) is 5.91 Å². The van der Waals surface area contributed by atoms with E-state index in [-0.39, 0.29) is 11.8 Å². The molecule has 0 radical (unpaired) electrons. The van der Waals surface area contributed by atoms with Crippen molar-refractivity contribution in [1.82, 2.24) is 9.88 Å². The highest BCUT2D eigenvalue weighted by Gasteiger charge is 2.31. The third-order valence-electron chi connectivity index (χ3n) is 6.00. The van der Waals surface area contributed by atoms with Gasteiger partial charge in [-0.15, -0.1) is 0 Å². The van der Waals surface area contributed by atoms with Gasteiger partial charge in [-0.25, -0.2) is 0 Å². The van der Waals surface area contributed by atoms with Gasteiger partial charge in [0.05, 0.1) is 11.2 Å². The molecule has 0 spiro atoms. The van der Waals surface area contributed by atoms with Gasteiger partial charge in [-0.2, -0.15) is 0 Å². The molecule has 1 saturated heterocycles. The number of nitrogens with zero attached hydrogens (tertiary/aromatic N) is 2. The predicted octanol–water partition coefficient (Wildman–Crippen LogP) is 4.23. The van der Waals surface area contributed by atoms with Crippen LogP contribution in [0.5, 0.6) is 0 Å². The number of rotatable bonds is 5. The Hall–Kier alpha value is -2.56. The molecule has 1 aliphatic heterocycles. The standard InChI is InChI=1S/C23H29N3O2/c1-16-10-11-19-18(15-16)21(26-14-6-9-20(26)27)22(25(19)2)23(28)24-13-12-17-7-4-3-5-8-17/h7,10-11,15H,3-6,8-9,12-14H2,1-2H3,(H,24,28). The Morgan fingerprint density at radius 3 is 2.75 bits per heavy atom. The summed E-state index contributed by atoms with van der Waals surface area (Å²) in [5, 5.41) is 4.09. The van der Waals surface area contributed by atoms with Crippen LogP contribution >= 0.6 is 0 Å². The van der Waals surface area contributed by atoms with Crippen molar-refractivity contribution in [3.05, 3.63) is 41.1 Å². The van der Waals surface area contributed by atoms with Gasteiger partial charge in [0.1, 0.15) is 5.69 Å². The molecule has 0 saturated carbocycles. The summed E-state index contributed by atoms with van der Waals surface area (Å²) in [5.41, 5.74) is 4.93. The fraction of sp³-hybridized carbons (Fsp3) is 0.478. The van der Waals surface area contributed by atoms with Gasteiger partial charge in [0.15, 0.2) is 0 Å². The first-order chi connectivity index (χ1) is 13.6. The number of hydrogen-bond acceptors (Lipinski definition) is 2. The van der Waals surface area contributed by atoms with Crippen molar-refractivity contribution in [3.8, 4) is 0 Å². The third-order valence-corrected chi connectivity index (χ3v) is 6.00. The van der Waals surface area contributed by atoms with Crippen molar-refractivity contribution < 1.29 is 9.59 Å². The highest BCUT2D eigenvalue weighted by molar-refractivity contribution is 6.14. The minimum Gasteiger partial charge on any atom is -0.350 e. The molecule has 1 N–H and O–H groups in total. The van der Waals surface area contributed by atoms with Gasteiger partial charge in [0.2, 0.25) is 5.91 Å². The van der Waals surface area contributed by atoms with E-state index in [4.69, 9.17) is 0 Å². The highest BCUT2D eigenvalue weighted by Crippen LogP contribution is 2.36. The van der Waals surface area contributed by atoms with Crippen LogP contribution in [-0.2, 0) is 11.8 Å². The minimum absolute atomic E-state index is 0.0949. The largest absolute Gasteiger partial charge is 0.350 e. The summed E-state index contributed by atoms with van der Waals surface area (Å²) in [6.07, 6.45) is 9.47. The first kappa shape index (κ1) is 18.8. The van der Waals surface area contributed by atoms with Crippen LogP contribution in [-0.4, -0.2) is 29.5 Å². The van der Waals surface area contributed by atoms with E-state index in [1.165, 1.54) is 18.4 Å². The summed E-state index contributed by atoms with van der Waals surface area (Å²) in [6, 6.07) is 6.17. The Morgan fingerprint density at radius 2 is 2.04 bits per heavy atom. The molecule has 2 amide bonds.